The van der Waals surface area contributed by atoms with Gasteiger partial charge in [-0.05, 0) is 50.5 Å². The number of fused-ring (bicyclic) bond motifs is 1. The van der Waals surface area contributed by atoms with Gasteiger partial charge in [0.05, 0.1) is 18.9 Å². The van der Waals surface area contributed by atoms with Crippen LogP contribution in [0.3, 0.4) is 0 Å². The maximum Gasteiger partial charge on any atom is 0.292 e. The van der Waals surface area contributed by atoms with Gasteiger partial charge < -0.3 is 18.9 Å². The molecule has 0 atom stereocenters. The Morgan fingerprint density at radius 3 is 2.42 bits per heavy atom. The molecule has 0 spiro atoms. The Hall–Kier alpha value is -2.50. The number of aromatic nitrogens is 1. The Kier molecular flexibility index (Phi) is 4.74. The van der Waals surface area contributed by atoms with E-state index in [0.717, 1.165) is 23.5 Å². The fourth-order valence-electron chi connectivity index (χ4n) is 2.89. The van der Waals surface area contributed by atoms with Gasteiger partial charge in [0.1, 0.15) is 0 Å². The first kappa shape index (κ1) is 16.4. The van der Waals surface area contributed by atoms with Crippen molar-refractivity contribution in [1.29, 1.82) is 0 Å². The number of nitrogens with zero attached hydrogens (tertiary/aromatic N) is 2. The minimum absolute atomic E-state index is 0.131. The van der Waals surface area contributed by atoms with E-state index in [4.69, 9.17) is 14.0 Å². The van der Waals surface area contributed by atoms with Gasteiger partial charge in [-0.2, -0.15) is 0 Å². The number of carbonyl (C=O) groups excluding carboxylic acids is 1. The standard InChI is InChI=1S/C18H22N2O4/c1-4-22-15-9-13-6-7-20(11-14(13)10-16(15)23-5-2)18(21)17-8-12(3)19-24-17/h8-10H,4-7,11H2,1-3H3. The van der Waals surface area contributed by atoms with Gasteiger partial charge in [-0.1, -0.05) is 5.16 Å². The van der Waals surface area contributed by atoms with E-state index in [1.165, 1.54) is 5.56 Å². The minimum atomic E-state index is -0.131. The summed E-state index contributed by atoms with van der Waals surface area (Å²) in [4.78, 5) is 14.3. The third-order valence-corrected chi connectivity index (χ3v) is 4.00. The lowest BCUT2D eigenvalue weighted by molar-refractivity contribution is 0.0692. The van der Waals surface area contributed by atoms with Gasteiger partial charge in [0, 0.05) is 19.2 Å². The quantitative estimate of drug-likeness (QED) is 0.843. The molecule has 0 aliphatic carbocycles. The van der Waals surface area contributed by atoms with Crippen molar-refractivity contribution in [3.8, 4) is 11.5 Å². The first-order valence-corrected chi connectivity index (χ1v) is 8.26. The molecule has 1 amide bonds. The molecule has 1 aliphatic heterocycles. The Balaban J connectivity index is 1.84. The molecule has 0 bridgehead atoms. The lowest BCUT2D eigenvalue weighted by Crippen LogP contribution is -2.35. The molecule has 0 radical (unpaired) electrons. The SMILES string of the molecule is CCOc1cc2c(cc1OCC)CN(C(=O)c1cc(C)no1)CC2. The van der Waals surface area contributed by atoms with Crippen molar-refractivity contribution >= 4 is 5.91 Å². The van der Waals surface area contributed by atoms with Crippen LogP contribution in [0.25, 0.3) is 0 Å². The largest absolute Gasteiger partial charge is 0.490 e. The van der Waals surface area contributed by atoms with Crippen LogP contribution in [0.4, 0.5) is 0 Å². The van der Waals surface area contributed by atoms with Crippen LogP contribution in [0.1, 0.15) is 41.2 Å². The van der Waals surface area contributed by atoms with Crippen LogP contribution < -0.4 is 9.47 Å². The van der Waals surface area contributed by atoms with Gasteiger partial charge >= 0.3 is 0 Å². The molecule has 1 aromatic carbocycles. The van der Waals surface area contributed by atoms with Crippen molar-refractivity contribution in [2.24, 2.45) is 0 Å². The van der Waals surface area contributed by atoms with Crippen LogP contribution in [0.5, 0.6) is 11.5 Å². The summed E-state index contributed by atoms with van der Waals surface area (Å²) in [5, 5.41) is 3.79. The van der Waals surface area contributed by atoms with Gasteiger partial charge in [0.15, 0.2) is 11.5 Å². The first-order chi connectivity index (χ1) is 11.6. The predicted octanol–water partition coefficient (Wildman–Crippen LogP) is 2.98. The van der Waals surface area contributed by atoms with Crippen LogP contribution in [0.2, 0.25) is 0 Å². The highest BCUT2D eigenvalue weighted by Crippen LogP contribution is 2.34. The summed E-state index contributed by atoms with van der Waals surface area (Å²) in [6.45, 7) is 8.03. The molecule has 0 N–H and O–H groups in total. The third kappa shape index (κ3) is 3.22. The Labute approximate surface area is 141 Å². The summed E-state index contributed by atoms with van der Waals surface area (Å²) >= 11 is 0. The molecule has 0 fully saturated rings. The molecule has 3 rings (SSSR count). The third-order valence-electron chi connectivity index (χ3n) is 4.00. The topological polar surface area (TPSA) is 64.8 Å². The summed E-state index contributed by atoms with van der Waals surface area (Å²) in [5.41, 5.74) is 2.98. The fourth-order valence-corrected chi connectivity index (χ4v) is 2.89. The zero-order valence-electron chi connectivity index (χ0n) is 14.3. The van der Waals surface area contributed by atoms with E-state index in [0.29, 0.717) is 32.0 Å². The first-order valence-electron chi connectivity index (χ1n) is 8.26. The second kappa shape index (κ2) is 6.95. The number of amides is 1. The minimum Gasteiger partial charge on any atom is -0.490 e. The molecule has 1 aliphatic rings. The number of hydrogen-bond acceptors (Lipinski definition) is 5. The average Bonchev–Trinajstić information content (AvgIpc) is 3.01. The zero-order valence-corrected chi connectivity index (χ0v) is 14.3. The summed E-state index contributed by atoms with van der Waals surface area (Å²) in [5.74, 6) is 1.65. The van der Waals surface area contributed by atoms with Gasteiger partial charge in [0.2, 0.25) is 5.76 Å². The van der Waals surface area contributed by atoms with Crippen molar-refractivity contribution in [2.45, 2.75) is 33.7 Å². The number of benzene rings is 1. The maximum atomic E-state index is 12.5. The molecular weight excluding hydrogens is 308 g/mol. The van der Waals surface area contributed by atoms with E-state index in [-0.39, 0.29) is 11.7 Å². The molecule has 24 heavy (non-hydrogen) atoms. The van der Waals surface area contributed by atoms with E-state index in [9.17, 15) is 4.79 Å². The second-order valence-corrected chi connectivity index (χ2v) is 5.74. The van der Waals surface area contributed by atoms with Gasteiger partial charge in [-0.15, -0.1) is 0 Å². The molecule has 0 unspecified atom stereocenters. The van der Waals surface area contributed by atoms with Crippen LogP contribution in [-0.2, 0) is 13.0 Å². The fraction of sp³-hybridized carbons (Fsp3) is 0.444. The summed E-state index contributed by atoms with van der Waals surface area (Å²) in [7, 11) is 0. The van der Waals surface area contributed by atoms with E-state index in [2.05, 4.69) is 5.16 Å². The van der Waals surface area contributed by atoms with Crippen molar-refractivity contribution < 1.29 is 18.8 Å². The molecule has 0 saturated heterocycles. The highest BCUT2D eigenvalue weighted by atomic mass is 16.5. The smallest absolute Gasteiger partial charge is 0.292 e. The van der Waals surface area contributed by atoms with E-state index >= 15 is 0 Å². The van der Waals surface area contributed by atoms with Crippen molar-refractivity contribution in [3.63, 3.8) is 0 Å². The molecule has 6 nitrogen and oxygen atoms in total. The normalized spacial score (nSPS) is 13.5. The number of aryl methyl sites for hydroxylation is 1. The highest BCUT2D eigenvalue weighted by molar-refractivity contribution is 5.91. The molecule has 0 saturated carbocycles. The monoisotopic (exact) mass is 330 g/mol. The number of ether oxygens (including phenoxy) is 2. The van der Waals surface area contributed by atoms with Crippen LogP contribution in [0.15, 0.2) is 22.7 Å². The molecule has 2 heterocycles. The lowest BCUT2D eigenvalue weighted by atomic mass is 9.98. The molecule has 1 aromatic heterocycles. The number of carbonyl (C=O) groups is 1. The zero-order chi connectivity index (χ0) is 17.1. The van der Waals surface area contributed by atoms with E-state index in [1.54, 1.807) is 17.9 Å². The van der Waals surface area contributed by atoms with Crippen LogP contribution >= 0.6 is 0 Å². The van der Waals surface area contributed by atoms with Crippen LogP contribution in [-0.4, -0.2) is 35.7 Å². The summed E-state index contributed by atoms with van der Waals surface area (Å²) in [6, 6.07) is 5.68. The highest BCUT2D eigenvalue weighted by Gasteiger charge is 2.26. The number of rotatable bonds is 5. The maximum absolute atomic E-state index is 12.5. The molecule has 6 heteroatoms. The lowest BCUT2D eigenvalue weighted by Gasteiger charge is -2.29. The summed E-state index contributed by atoms with van der Waals surface area (Å²) < 4.78 is 16.5. The second-order valence-electron chi connectivity index (χ2n) is 5.74. The van der Waals surface area contributed by atoms with Gasteiger partial charge in [-0.3, -0.25) is 4.79 Å². The molecule has 2 aromatic rings. The van der Waals surface area contributed by atoms with Crippen molar-refractivity contribution in [2.75, 3.05) is 19.8 Å². The Morgan fingerprint density at radius 2 is 1.83 bits per heavy atom. The summed E-state index contributed by atoms with van der Waals surface area (Å²) in [6.07, 6.45) is 0.778. The van der Waals surface area contributed by atoms with E-state index in [1.807, 2.05) is 26.0 Å². The van der Waals surface area contributed by atoms with Crippen molar-refractivity contribution in [1.82, 2.24) is 10.1 Å². The Bertz CT molecular complexity index is 739. The van der Waals surface area contributed by atoms with Crippen molar-refractivity contribution in [3.05, 3.63) is 40.8 Å². The van der Waals surface area contributed by atoms with Gasteiger partial charge in [-0.25, -0.2) is 0 Å². The predicted molar refractivity (Wildman–Crippen MR) is 88.5 cm³/mol. The van der Waals surface area contributed by atoms with E-state index < -0.39 is 0 Å². The van der Waals surface area contributed by atoms with Gasteiger partial charge in [0.25, 0.3) is 5.91 Å². The Morgan fingerprint density at radius 1 is 1.17 bits per heavy atom. The molecular formula is C18H22N2O4. The average molecular weight is 330 g/mol. The van der Waals surface area contributed by atoms with Crippen LogP contribution in [0, 0.1) is 6.92 Å². The molecule has 128 valence electrons. The number of hydrogen-bond donors (Lipinski definition) is 0.